The van der Waals surface area contributed by atoms with Gasteiger partial charge in [0, 0.05) is 19.0 Å². The lowest BCUT2D eigenvalue weighted by Crippen LogP contribution is -2.29. The molecule has 0 saturated carbocycles. The molecule has 7 heteroatoms. The first-order valence-electron chi connectivity index (χ1n) is 9.84. The minimum atomic E-state index is -0.250. The van der Waals surface area contributed by atoms with Crippen LogP contribution >= 0.6 is 0 Å². The minimum Gasteiger partial charge on any atom is -0.483 e. The van der Waals surface area contributed by atoms with Gasteiger partial charge in [-0.25, -0.2) is 4.68 Å². The van der Waals surface area contributed by atoms with E-state index in [2.05, 4.69) is 34.4 Å². The van der Waals surface area contributed by atoms with Crippen molar-refractivity contribution < 1.29 is 14.7 Å². The molecule has 1 aromatic carbocycles. The lowest BCUT2D eigenvalue weighted by atomic mass is 10.1. The van der Waals surface area contributed by atoms with Crippen molar-refractivity contribution in [2.45, 2.75) is 45.1 Å². The van der Waals surface area contributed by atoms with Gasteiger partial charge in [0.05, 0.1) is 12.2 Å². The van der Waals surface area contributed by atoms with Gasteiger partial charge in [0.25, 0.3) is 6.47 Å². The first-order valence-corrected chi connectivity index (χ1v) is 9.84. The van der Waals surface area contributed by atoms with Crippen molar-refractivity contribution in [1.82, 2.24) is 14.7 Å². The van der Waals surface area contributed by atoms with Crippen LogP contribution in [0.25, 0.3) is 0 Å². The van der Waals surface area contributed by atoms with Gasteiger partial charge in [0.2, 0.25) is 5.91 Å². The van der Waals surface area contributed by atoms with Crippen molar-refractivity contribution in [3.05, 3.63) is 48.2 Å². The molecule has 1 fully saturated rings. The molecule has 1 unspecified atom stereocenters. The van der Waals surface area contributed by atoms with Crippen molar-refractivity contribution in [2.75, 3.05) is 25.0 Å². The zero-order chi connectivity index (χ0) is 20.2. The van der Waals surface area contributed by atoms with Crippen molar-refractivity contribution >= 4 is 18.2 Å². The van der Waals surface area contributed by atoms with E-state index in [1.807, 2.05) is 28.9 Å². The predicted molar refractivity (Wildman–Crippen MR) is 109 cm³/mol. The van der Waals surface area contributed by atoms with Gasteiger partial charge in [0.1, 0.15) is 5.82 Å². The van der Waals surface area contributed by atoms with Gasteiger partial charge in [-0.15, -0.1) is 0 Å². The highest BCUT2D eigenvalue weighted by Crippen LogP contribution is 2.21. The minimum absolute atomic E-state index is 0.0614. The second-order valence-corrected chi connectivity index (χ2v) is 6.91. The van der Waals surface area contributed by atoms with E-state index < -0.39 is 0 Å². The maximum atomic E-state index is 12.4. The van der Waals surface area contributed by atoms with E-state index in [0.717, 1.165) is 25.5 Å². The molecule has 1 atom stereocenters. The van der Waals surface area contributed by atoms with Gasteiger partial charge in [0.15, 0.2) is 0 Å². The van der Waals surface area contributed by atoms with Crippen LogP contribution in [0.3, 0.4) is 0 Å². The van der Waals surface area contributed by atoms with E-state index in [4.69, 9.17) is 9.90 Å². The molecule has 2 N–H and O–H groups in total. The molecule has 0 radical (unpaired) electrons. The van der Waals surface area contributed by atoms with Gasteiger partial charge in [-0.2, -0.15) is 5.10 Å². The quantitative estimate of drug-likeness (QED) is 0.743. The molecule has 28 heavy (non-hydrogen) atoms. The summed E-state index contributed by atoms with van der Waals surface area (Å²) < 4.78 is 1.87. The second-order valence-electron chi connectivity index (χ2n) is 6.91. The summed E-state index contributed by atoms with van der Waals surface area (Å²) >= 11 is 0. The molecule has 1 amide bonds. The third-order valence-electron chi connectivity index (χ3n) is 4.94. The van der Waals surface area contributed by atoms with Crippen molar-refractivity contribution in [3.63, 3.8) is 0 Å². The van der Waals surface area contributed by atoms with Gasteiger partial charge in [-0.05, 0) is 38.4 Å². The SMILES string of the molecule is CC(c1ccccc1)n1nccc1NC(=O)CCN1CCCCCC1.O=CO. The Morgan fingerprint density at radius 3 is 2.46 bits per heavy atom. The van der Waals surface area contributed by atoms with Gasteiger partial charge in [-0.1, -0.05) is 43.2 Å². The number of carboxylic acid groups (broad SMARTS) is 1. The van der Waals surface area contributed by atoms with Crippen LogP contribution in [0.1, 0.15) is 50.6 Å². The molecule has 1 aliphatic heterocycles. The number of nitrogens with one attached hydrogen (secondary N) is 1. The summed E-state index contributed by atoms with van der Waals surface area (Å²) in [6, 6.07) is 12.2. The standard InChI is InChI=1S/C20H28N4O.CH2O2/c1-17(18-9-5-4-6-10-18)24-19(11-13-21-24)22-20(25)12-16-23-14-7-2-3-8-15-23;2-1-3/h4-6,9-11,13,17H,2-3,7-8,12,14-16H2,1H3,(H,22,25);1H,(H,2,3). The molecule has 1 saturated heterocycles. The van der Waals surface area contributed by atoms with Gasteiger partial charge >= 0.3 is 0 Å². The van der Waals surface area contributed by atoms with Crippen LogP contribution in [0.2, 0.25) is 0 Å². The average Bonchev–Trinajstić information content (AvgIpc) is 3.00. The fraction of sp³-hybridized carbons (Fsp3) is 0.476. The summed E-state index contributed by atoms with van der Waals surface area (Å²) in [5, 5.41) is 14.3. The van der Waals surface area contributed by atoms with Crippen LogP contribution in [0.4, 0.5) is 5.82 Å². The lowest BCUT2D eigenvalue weighted by Gasteiger charge is -2.20. The molecule has 0 aliphatic carbocycles. The summed E-state index contributed by atoms with van der Waals surface area (Å²) in [6.07, 6.45) is 7.42. The summed E-state index contributed by atoms with van der Waals surface area (Å²) in [5.74, 6) is 0.823. The molecule has 2 aromatic rings. The lowest BCUT2D eigenvalue weighted by molar-refractivity contribution is -0.123. The molecule has 7 nitrogen and oxygen atoms in total. The van der Waals surface area contributed by atoms with Crippen molar-refractivity contribution in [1.29, 1.82) is 0 Å². The van der Waals surface area contributed by atoms with Crippen LogP contribution in [-0.4, -0.2) is 51.8 Å². The second kappa shape index (κ2) is 11.9. The molecular formula is C21H30N4O3. The van der Waals surface area contributed by atoms with Crippen molar-refractivity contribution in [2.24, 2.45) is 0 Å². The topological polar surface area (TPSA) is 87.5 Å². The zero-order valence-corrected chi connectivity index (χ0v) is 16.5. The number of amides is 1. The molecule has 1 aromatic heterocycles. The molecular weight excluding hydrogens is 356 g/mol. The maximum Gasteiger partial charge on any atom is 0.290 e. The normalized spacial score (nSPS) is 15.6. The first kappa shape index (κ1) is 21.6. The van der Waals surface area contributed by atoms with E-state index in [1.165, 1.54) is 31.2 Å². The number of likely N-dealkylation sites (tertiary alicyclic amines) is 1. The highest BCUT2D eigenvalue weighted by Gasteiger charge is 2.15. The number of nitrogens with zero attached hydrogens (tertiary/aromatic N) is 3. The molecule has 3 rings (SSSR count). The summed E-state index contributed by atoms with van der Waals surface area (Å²) in [6.45, 7) is 4.93. The first-order chi connectivity index (χ1) is 13.7. The van der Waals surface area contributed by atoms with E-state index >= 15 is 0 Å². The Bertz CT molecular complexity index is 709. The third kappa shape index (κ3) is 6.81. The average molecular weight is 386 g/mol. The fourth-order valence-electron chi connectivity index (χ4n) is 3.42. The van der Waals surface area contributed by atoms with Gasteiger partial charge < -0.3 is 15.3 Å². The smallest absolute Gasteiger partial charge is 0.290 e. The molecule has 1 aliphatic rings. The predicted octanol–water partition coefficient (Wildman–Crippen LogP) is 3.40. The van der Waals surface area contributed by atoms with Crippen LogP contribution in [0.5, 0.6) is 0 Å². The number of benzene rings is 1. The number of rotatable bonds is 6. The van der Waals surface area contributed by atoms with E-state index in [-0.39, 0.29) is 18.4 Å². The summed E-state index contributed by atoms with van der Waals surface area (Å²) in [5.41, 5.74) is 1.17. The van der Waals surface area contributed by atoms with Crippen LogP contribution in [0, 0.1) is 0 Å². The summed E-state index contributed by atoms with van der Waals surface area (Å²) in [4.78, 5) is 23.1. The maximum absolute atomic E-state index is 12.4. The fourth-order valence-corrected chi connectivity index (χ4v) is 3.42. The Labute approximate surface area is 166 Å². The number of aromatic nitrogens is 2. The number of carbonyl (C=O) groups is 2. The van der Waals surface area contributed by atoms with E-state index in [9.17, 15) is 4.79 Å². The van der Waals surface area contributed by atoms with Gasteiger partial charge in [-0.3, -0.25) is 9.59 Å². The number of carbonyl (C=O) groups excluding carboxylic acids is 1. The van der Waals surface area contributed by atoms with Crippen LogP contribution < -0.4 is 5.32 Å². The Balaban J connectivity index is 0.000000878. The highest BCUT2D eigenvalue weighted by atomic mass is 16.3. The number of hydrogen-bond acceptors (Lipinski definition) is 4. The van der Waals surface area contributed by atoms with E-state index in [1.54, 1.807) is 6.20 Å². The Morgan fingerprint density at radius 2 is 1.82 bits per heavy atom. The highest BCUT2D eigenvalue weighted by molar-refractivity contribution is 5.89. The Morgan fingerprint density at radius 1 is 1.18 bits per heavy atom. The molecule has 2 heterocycles. The number of anilines is 1. The monoisotopic (exact) mass is 386 g/mol. The Hall–Kier alpha value is -2.67. The van der Waals surface area contributed by atoms with Crippen molar-refractivity contribution in [3.8, 4) is 0 Å². The zero-order valence-electron chi connectivity index (χ0n) is 16.5. The summed E-state index contributed by atoms with van der Waals surface area (Å²) in [7, 11) is 0. The molecule has 0 spiro atoms. The van der Waals surface area contributed by atoms with Crippen LogP contribution in [-0.2, 0) is 9.59 Å². The molecule has 152 valence electrons. The van der Waals surface area contributed by atoms with E-state index in [0.29, 0.717) is 6.42 Å². The van der Waals surface area contributed by atoms with Crippen LogP contribution in [0.15, 0.2) is 42.6 Å². The number of hydrogen-bond donors (Lipinski definition) is 2. The molecule has 0 bridgehead atoms. The largest absolute Gasteiger partial charge is 0.483 e. The Kier molecular flexibility index (Phi) is 9.21. The third-order valence-corrected chi connectivity index (χ3v) is 4.94.